The van der Waals surface area contributed by atoms with Crippen molar-refractivity contribution in [3.05, 3.63) is 53.1 Å². The first-order valence-electron chi connectivity index (χ1n) is 8.98. The van der Waals surface area contributed by atoms with Gasteiger partial charge in [0.05, 0.1) is 16.3 Å². The van der Waals surface area contributed by atoms with Gasteiger partial charge in [0, 0.05) is 31.4 Å². The van der Waals surface area contributed by atoms with E-state index in [1.807, 2.05) is 0 Å². The van der Waals surface area contributed by atoms with Gasteiger partial charge in [-0.25, -0.2) is 21.1 Å². The van der Waals surface area contributed by atoms with E-state index in [1.54, 1.807) is 19.9 Å². The third-order valence-corrected chi connectivity index (χ3v) is 8.38. The molecule has 164 valence electrons. The number of rotatable bonds is 8. The third-order valence-electron chi connectivity index (χ3n) is 4.39. The van der Waals surface area contributed by atoms with Crippen LogP contribution in [0, 0.1) is 6.92 Å². The highest BCUT2D eigenvalue weighted by atomic mass is 35.5. The van der Waals surface area contributed by atoms with Gasteiger partial charge in [0.1, 0.15) is 0 Å². The predicted molar refractivity (Wildman–Crippen MR) is 117 cm³/mol. The van der Waals surface area contributed by atoms with Crippen molar-refractivity contribution in [3.63, 3.8) is 0 Å². The maximum Gasteiger partial charge on any atom is 0.243 e. The number of nitrogens with one attached hydrogen (secondary N) is 1. The number of hydrogen-bond donors (Lipinski definition) is 1. The monoisotopic (exact) mass is 473 g/mol. The van der Waals surface area contributed by atoms with Crippen molar-refractivity contribution in [1.29, 1.82) is 0 Å². The maximum atomic E-state index is 12.8. The van der Waals surface area contributed by atoms with Gasteiger partial charge in [-0.2, -0.15) is 4.31 Å². The minimum Gasteiger partial charge on any atom is -0.325 e. The fraction of sp³-hybridized carbons (Fsp3) is 0.316. The van der Waals surface area contributed by atoms with Crippen LogP contribution in [0.25, 0.3) is 0 Å². The third kappa shape index (κ3) is 5.38. The summed E-state index contributed by atoms with van der Waals surface area (Å²) in [6.45, 7) is 2.98. The number of carbonyl (C=O) groups is 1. The summed E-state index contributed by atoms with van der Waals surface area (Å²) in [5, 5.41) is 3.01. The van der Waals surface area contributed by atoms with Crippen LogP contribution in [0.5, 0.6) is 0 Å². The van der Waals surface area contributed by atoms with Gasteiger partial charge in [0.25, 0.3) is 0 Å². The van der Waals surface area contributed by atoms with E-state index in [-0.39, 0.29) is 16.3 Å². The van der Waals surface area contributed by atoms with Crippen LogP contribution in [-0.2, 0) is 24.8 Å². The molecule has 0 fully saturated rings. The molecule has 0 saturated heterocycles. The van der Waals surface area contributed by atoms with E-state index in [4.69, 9.17) is 11.6 Å². The molecule has 2 aromatic carbocycles. The number of amides is 1. The number of nitrogens with zero attached hydrogens (tertiary/aromatic N) is 2. The van der Waals surface area contributed by atoms with Crippen LogP contribution in [0.1, 0.15) is 12.5 Å². The SMILES string of the molecule is CCN(CC(=O)Nc1cc(S(=O)(=O)N(C)C)ccc1C)S(=O)(=O)c1ccc(Cl)cc1. The molecule has 0 heterocycles. The van der Waals surface area contributed by atoms with Gasteiger partial charge in [-0.3, -0.25) is 4.79 Å². The molecule has 2 rings (SSSR count). The van der Waals surface area contributed by atoms with Gasteiger partial charge in [-0.15, -0.1) is 0 Å². The van der Waals surface area contributed by atoms with Crippen molar-refractivity contribution in [2.24, 2.45) is 0 Å². The molecule has 0 aliphatic rings. The van der Waals surface area contributed by atoms with Crippen molar-refractivity contribution in [2.75, 3.05) is 32.5 Å². The number of hydrogen-bond acceptors (Lipinski definition) is 5. The summed E-state index contributed by atoms with van der Waals surface area (Å²) in [6.07, 6.45) is 0. The summed E-state index contributed by atoms with van der Waals surface area (Å²) < 4.78 is 52.4. The predicted octanol–water partition coefficient (Wildman–Crippen LogP) is 2.55. The second-order valence-corrected chi connectivity index (χ2v) is 11.2. The largest absolute Gasteiger partial charge is 0.325 e. The molecule has 2 aromatic rings. The lowest BCUT2D eigenvalue weighted by atomic mass is 10.2. The zero-order valence-electron chi connectivity index (χ0n) is 17.1. The maximum absolute atomic E-state index is 12.8. The van der Waals surface area contributed by atoms with E-state index in [0.29, 0.717) is 16.3 Å². The Labute approximate surface area is 182 Å². The van der Waals surface area contributed by atoms with Crippen LogP contribution < -0.4 is 5.32 Å². The van der Waals surface area contributed by atoms with Gasteiger partial charge >= 0.3 is 0 Å². The summed E-state index contributed by atoms with van der Waals surface area (Å²) >= 11 is 5.81. The fourth-order valence-corrected chi connectivity index (χ4v) is 5.04. The van der Waals surface area contributed by atoms with Crippen LogP contribution in [0.4, 0.5) is 5.69 Å². The number of likely N-dealkylation sites (N-methyl/N-ethyl adjacent to an activating group) is 1. The molecule has 0 radical (unpaired) electrons. The molecule has 0 atom stereocenters. The van der Waals surface area contributed by atoms with Crippen LogP contribution >= 0.6 is 11.6 Å². The molecular weight excluding hydrogens is 450 g/mol. The van der Waals surface area contributed by atoms with Gasteiger partial charge < -0.3 is 5.32 Å². The van der Waals surface area contributed by atoms with Crippen molar-refractivity contribution in [1.82, 2.24) is 8.61 Å². The summed E-state index contributed by atoms with van der Waals surface area (Å²) in [4.78, 5) is 12.6. The first kappa shape index (κ1) is 24.3. The first-order valence-corrected chi connectivity index (χ1v) is 12.2. The molecule has 8 nitrogen and oxygen atoms in total. The lowest BCUT2D eigenvalue weighted by molar-refractivity contribution is -0.116. The highest BCUT2D eigenvalue weighted by Gasteiger charge is 2.26. The van der Waals surface area contributed by atoms with Crippen molar-refractivity contribution in [2.45, 2.75) is 23.6 Å². The van der Waals surface area contributed by atoms with E-state index < -0.39 is 32.5 Å². The van der Waals surface area contributed by atoms with Crippen molar-refractivity contribution < 1.29 is 21.6 Å². The standard InChI is InChI=1S/C19H24ClN3O5S2/c1-5-23(30(27,28)16-10-7-15(20)8-11-16)13-19(24)21-18-12-17(9-6-14(18)2)29(25,26)22(3)4/h6-12H,5,13H2,1-4H3,(H,21,24). The van der Waals surface area contributed by atoms with E-state index in [1.165, 1.54) is 50.5 Å². The number of anilines is 1. The molecule has 0 saturated carbocycles. The second kappa shape index (κ2) is 9.44. The molecule has 0 aliphatic carbocycles. The van der Waals surface area contributed by atoms with Gasteiger partial charge in [-0.05, 0) is 48.9 Å². The Morgan fingerprint density at radius 1 is 0.967 bits per heavy atom. The lowest BCUT2D eigenvalue weighted by Gasteiger charge is -2.20. The van der Waals surface area contributed by atoms with Gasteiger partial charge in [0.2, 0.25) is 26.0 Å². The van der Waals surface area contributed by atoms with Gasteiger partial charge in [0.15, 0.2) is 0 Å². The Balaban J connectivity index is 2.24. The smallest absolute Gasteiger partial charge is 0.243 e. The van der Waals surface area contributed by atoms with Crippen LogP contribution in [-0.4, -0.2) is 58.5 Å². The quantitative estimate of drug-likeness (QED) is 0.634. The average molecular weight is 474 g/mol. The van der Waals surface area contributed by atoms with Crippen molar-refractivity contribution in [3.8, 4) is 0 Å². The summed E-state index contributed by atoms with van der Waals surface area (Å²) in [6, 6.07) is 10.0. The van der Waals surface area contributed by atoms with Crippen molar-refractivity contribution >= 4 is 43.2 Å². The Hall–Kier alpha value is -1.98. The average Bonchev–Trinajstić information content (AvgIpc) is 2.67. The van der Waals surface area contributed by atoms with Crippen LogP contribution in [0.2, 0.25) is 5.02 Å². The minimum atomic E-state index is -3.90. The van der Waals surface area contributed by atoms with E-state index in [9.17, 15) is 21.6 Å². The molecule has 0 aliphatic heterocycles. The molecule has 0 aromatic heterocycles. The van der Waals surface area contributed by atoms with E-state index in [0.717, 1.165) is 8.61 Å². The topological polar surface area (TPSA) is 104 Å². The number of benzene rings is 2. The number of halogens is 1. The highest BCUT2D eigenvalue weighted by molar-refractivity contribution is 7.89. The first-order chi connectivity index (χ1) is 13.9. The number of aryl methyl sites for hydroxylation is 1. The Morgan fingerprint density at radius 3 is 2.07 bits per heavy atom. The number of carbonyl (C=O) groups excluding carboxylic acids is 1. The Kier molecular flexibility index (Phi) is 7.64. The lowest BCUT2D eigenvalue weighted by Crippen LogP contribution is -2.38. The van der Waals surface area contributed by atoms with Crippen LogP contribution in [0.3, 0.4) is 0 Å². The molecule has 1 amide bonds. The highest BCUT2D eigenvalue weighted by Crippen LogP contribution is 2.23. The molecule has 0 unspecified atom stereocenters. The Bertz CT molecular complexity index is 1130. The molecule has 0 bridgehead atoms. The van der Waals surface area contributed by atoms with E-state index in [2.05, 4.69) is 5.32 Å². The fourth-order valence-electron chi connectivity index (χ4n) is 2.58. The number of sulfonamides is 2. The molecule has 30 heavy (non-hydrogen) atoms. The molecule has 11 heteroatoms. The molecule has 0 spiro atoms. The summed E-state index contributed by atoms with van der Waals surface area (Å²) in [5.41, 5.74) is 0.938. The zero-order valence-corrected chi connectivity index (χ0v) is 19.5. The van der Waals surface area contributed by atoms with E-state index >= 15 is 0 Å². The Morgan fingerprint density at radius 2 is 1.53 bits per heavy atom. The van der Waals surface area contributed by atoms with Crippen LogP contribution in [0.15, 0.2) is 52.3 Å². The molecular formula is C19H24ClN3O5S2. The second-order valence-electron chi connectivity index (χ2n) is 6.70. The zero-order chi connectivity index (χ0) is 22.7. The van der Waals surface area contributed by atoms with Gasteiger partial charge in [-0.1, -0.05) is 24.6 Å². The molecule has 1 N–H and O–H groups in total. The normalized spacial score (nSPS) is 12.4. The summed E-state index contributed by atoms with van der Waals surface area (Å²) in [5.74, 6) is -0.586. The minimum absolute atomic E-state index is 0.0227. The summed E-state index contributed by atoms with van der Waals surface area (Å²) in [7, 11) is -4.75.